The molecule has 0 amide bonds. The Bertz CT molecular complexity index is 1210. The van der Waals surface area contributed by atoms with E-state index in [1.807, 2.05) is 0 Å². The van der Waals surface area contributed by atoms with Gasteiger partial charge in [-0.1, -0.05) is 64.6 Å². The van der Waals surface area contributed by atoms with E-state index in [0.717, 1.165) is 12.1 Å². The Kier molecular flexibility index (Phi) is 5.98. The van der Waals surface area contributed by atoms with E-state index in [-0.39, 0.29) is 31.2 Å². The number of rotatable bonds is 4. The minimum absolute atomic E-state index is 0.0806. The molecule has 0 heterocycles. The second-order valence-electron chi connectivity index (χ2n) is 6.08. The SMILES string of the molecule is O=S(=O)(O)C(c1cccc(Cl)c1)(c1ccc(Cl)cc1O)c1c(O)ccc(Cl)c1Cl. The Labute approximate surface area is 186 Å². The van der Waals surface area contributed by atoms with Gasteiger partial charge in [0.05, 0.1) is 10.0 Å². The Morgan fingerprint density at radius 1 is 0.793 bits per heavy atom. The molecule has 0 aliphatic heterocycles. The lowest BCUT2D eigenvalue weighted by molar-refractivity contribution is 0.428. The number of benzene rings is 3. The molecule has 29 heavy (non-hydrogen) atoms. The van der Waals surface area contributed by atoms with Crippen molar-refractivity contribution in [2.24, 2.45) is 0 Å². The predicted molar refractivity (Wildman–Crippen MR) is 114 cm³/mol. The summed E-state index contributed by atoms with van der Waals surface area (Å²) in [6.45, 7) is 0. The first kappa shape index (κ1) is 22.0. The number of aromatic hydroxyl groups is 2. The number of phenolic OH excluding ortho intramolecular Hbond substituents is 2. The van der Waals surface area contributed by atoms with Crippen molar-refractivity contribution in [3.63, 3.8) is 0 Å². The van der Waals surface area contributed by atoms with E-state index in [9.17, 15) is 23.2 Å². The topological polar surface area (TPSA) is 94.8 Å². The third-order valence-corrected chi connectivity index (χ3v) is 7.09. The van der Waals surface area contributed by atoms with Gasteiger partial charge in [0.25, 0.3) is 10.1 Å². The maximum atomic E-state index is 13.0. The van der Waals surface area contributed by atoms with Gasteiger partial charge in [-0.2, -0.15) is 8.42 Å². The minimum Gasteiger partial charge on any atom is -0.508 e. The molecule has 0 bridgehead atoms. The molecule has 0 fully saturated rings. The molecular formula is C19H12Cl4O5S. The molecular weight excluding hydrogens is 482 g/mol. The molecule has 3 aromatic carbocycles. The monoisotopic (exact) mass is 492 g/mol. The van der Waals surface area contributed by atoms with Crippen LogP contribution >= 0.6 is 46.4 Å². The molecule has 152 valence electrons. The molecule has 5 nitrogen and oxygen atoms in total. The van der Waals surface area contributed by atoms with Gasteiger partial charge in [-0.05, 0) is 42.0 Å². The lowest BCUT2D eigenvalue weighted by atomic mass is 9.83. The van der Waals surface area contributed by atoms with E-state index in [1.165, 1.54) is 42.5 Å². The fourth-order valence-corrected chi connectivity index (χ4v) is 5.45. The van der Waals surface area contributed by atoms with Crippen LogP contribution in [-0.4, -0.2) is 23.2 Å². The largest absolute Gasteiger partial charge is 0.508 e. The summed E-state index contributed by atoms with van der Waals surface area (Å²) in [5.74, 6) is -1.14. The standard InChI is InChI=1S/C19H12Cl4O5S/c20-11-3-1-2-10(8-11)19(29(26,27)28,13-5-4-12(21)9-16(13)25)17-15(24)7-6-14(22)18(17)23/h1-9,24-25H,(H,26,27,28). The smallest absolute Gasteiger partial charge is 0.283 e. The molecule has 3 N–H and O–H groups in total. The minimum atomic E-state index is -5.16. The molecule has 1 unspecified atom stereocenters. The maximum Gasteiger partial charge on any atom is 0.283 e. The van der Waals surface area contributed by atoms with Crippen molar-refractivity contribution in [2.45, 2.75) is 4.75 Å². The van der Waals surface area contributed by atoms with Gasteiger partial charge in [0.2, 0.25) is 0 Å². The normalized spacial score (nSPS) is 13.8. The summed E-state index contributed by atoms with van der Waals surface area (Å²) in [5, 5.41) is 21.0. The van der Waals surface area contributed by atoms with Crippen LogP contribution < -0.4 is 0 Å². The van der Waals surface area contributed by atoms with Gasteiger partial charge in [-0.15, -0.1) is 0 Å². The van der Waals surface area contributed by atoms with E-state index < -0.39 is 31.9 Å². The van der Waals surface area contributed by atoms with Crippen molar-refractivity contribution in [1.82, 2.24) is 0 Å². The van der Waals surface area contributed by atoms with Crippen LogP contribution in [0.25, 0.3) is 0 Å². The third kappa shape index (κ3) is 3.65. The van der Waals surface area contributed by atoms with Crippen molar-refractivity contribution in [2.75, 3.05) is 0 Å². The summed E-state index contributed by atoms with van der Waals surface area (Å²) < 4.78 is 33.9. The second kappa shape index (κ2) is 7.87. The van der Waals surface area contributed by atoms with Crippen molar-refractivity contribution >= 4 is 56.5 Å². The van der Waals surface area contributed by atoms with E-state index >= 15 is 0 Å². The highest BCUT2D eigenvalue weighted by molar-refractivity contribution is 7.87. The fourth-order valence-electron chi connectivity index (χ4n) is 3.24. The molecule has 0 aliphatic rings. The van der Waals surface area contributed by atoms with Crippen molar-refractivity contribution in [3.05, 3.63) is 91.4 Å². The Hall–Kier alpha value is -1.67. The first-order chi connectivity index (χ1) is 13.5. The zero-order chi connectivity index (χ0) is 21.6. The van der Waals surface area contributed by atoms with Crippen molar-refractivity contribution < 1.29 is 23.2 Å². The molecule has 3 rings (SSSR count). The van der Waals surface area contributed by atoms with Crippen LogP contribution in [0.4, 0.5) is 0 Å². The van der Waals surface area contributed by atoms with E-state index in [4.69, 9.17) is 46.4 Å². The summed E-state index contributed by atoms with van der Waals surface area (Å²) >= 11 is 24.4. The van der Waals surface area contributed by atoms with Gasteiger partial charge in [-0.25, -0.2) is 0 Å². The highest BCUT2D eigenvalue weighted by atomic mass is 35.5. The van der Waals surface area contributed by atoms with Gasteiger partial charge in [0, 0.05) is 21.2 Å². The van der Waals surface area contributed by atoms with Gasteiger partial charge in [0.15, 0.2) is 4.75 Å². The summed E-state index contributed by atoms with van der Waals surface area (Å²) in [7, 11) is -5.16. The fraction of sp³-hybridized carbons (Fsp3) is 0.0526. The average Bonchev–Trinajstić information content (AvgIpc) is 2.62. The van der Waals surface area contributed by atoms with E-state index in [1.54, 1.807) is 0 Å². The lowest BCUT2D eigenvalue weighted by Crippen LogP contribution is -2.38. The first-order valence-corrected chi connectivity index (χ1v) is 10.8. The summed E-state index contributed by atoms with van der Waals surface area (Å²) in [5.41, 5.74) is -0.857. The van der Waals surface area contributed by atoms with Crippen LogP contribution in [0.5, 0.6) is 11.5 Å². The van der Waals surface area contributed by atoms with Crippen LogP contribution in [-0.2, 0) is 14.9 Å². The average molecular weight is 494 g/mol. The van der Waals surface area contributed by atoms with Gasteiger partial charge in [0.1, 0.15) is 11.5 Å². The molecule has 0 radical (unpaired) electrons. The highest BCUT2D eigenvalue weighted by Gasteiger charge is 2.53. The maximum absolute atomic E-state index is 13.0. The lowest BCUT2D eigenvalue weighted by Gasteiger charge is -2.34. The highest BCUT2D eigenvalue weighted by Crippen LogP contribution is 2.53. The van der Waals surface area contributed by atoms with Gasteiger partial charge in [-0.3, -0.25) is 4.55 Å². The quantitative estimate of drug-likeness (QED) is 0.311. The Balaban J connectivity index is 2.65. The van der Waals surface area contributed by atoms with Gasteiger partial charge >= 0.3 is 0 Å². The molecule has 1 atom stereocenters. The van der Waals surface area contributed by atoms with Crippen LogP contribution in [0.2, 0.25) is 20.1 Å². The molecule has 0 aromatic heterocycles. The number of halogens is 4. The van der Waals surface area contributed by atoms with Crippen molar-refractivity contribution in [3.8, 4) is 11.5 Å². The number of phenols is 2. The van der Waals surface area contributed by atoms with Crippen LogP contribution in [0, 0.1) is 0 Å². The predicted octanol–water partition coefficient (Wildman–Crippen LogP) is 5.89. The summed E-state index contributed by atoms with van der Waals surface area (Å²) in [4.78, 5) is 0. The van der Waals surface area contributed by atoms with Crippen LogP contribution in [0.1, 0.15) is 16.7 Å². The molecule has 0 saturated heterocycles. The summed E-state index contributed by atoms with van der Waals surface area (Å²) in [6.07, 6.45) is 0. The number of hydrogen-bond donors (Lipinski definition) is 3. The zero-order valence-electron chi connectivity index (χ0n) is 14.3. The zero-order valence-corrected chi connectivity index (χ0v) is 18.1. The third-order valence-electron chi connectivity index (χ3n) is 4.38. The molecule has 0 aliphatic carbocycles. The molecule has 0 spiro atoms. The number of hydrogen-bond acceptors (Lipinski definition) is 4. The Morgan fingerprint density at radius 2 is 1.45 bits per heavy atom. The molecule has 0 saturated carbocycles. The van der Waals surface area contributed by atoms with Crippen molar-refractivity contribution in [1.29, 1.82) is 0 Å². The van der Waals surface area contributed by atoms with E-state index in [0.29, 0.717) is 0 Å². The van der Waals surface area contributed by atoms with E-state index in [2.05, 4.69) is 0 Å². The summed E-state index contributed by atoms with van der Waals surface area (Å²) in [6, 6.07) is 11.5. The molecule has 10 heteroatoms. The van der Waals surface area contributed by atoms with Crippen LogP contribution in [0.15, 0.2) is 54.6 Å². The molecule has 3 aromatic rings. The Morgan fingerprint density at radius 3 is 2.03 bits per heavy atom. The van der Waals surface area contributed by atoms with Gasteiger partial charge < -0.3 is 10.2 Å². The second-order valence-corrected chi connectivity index (χ2v) is 9.30. The first-order valence-electron chi connectivity index (χ1n) is 7.89. The van der Waals surface area contributed by atoms with Crippen LogP contribution in [0.3, 0.4) is 0 Å².